The summed E-state index contributed by atoms with van der Waals surface area (Å²) in [7, 11) is 0. The summed E-state index contributed by atoms with van der Waals surface area (Å²) >= 11 is 1.16. The fourth-order valence-electron chi connectivity index (χ4n) is 1.49. The number of nitro groups is 1. The summed E-state index contributed by atoms with van der Waals surface area (Å²) in [6, 6.07) is 1.62. The van der Waals surface area contributed by atoms with Gasteiger partial charge in [-0.3, -0.25) is 10.1 Å². The van der Waals surface area contributed by atoms with Gasteiger partial charge < -0.3 is 5.11 Å². The molecule has 70 valence electrons. The van der Waals surface area contributed by atoms with Crippen LogP contribution in [-0.2, 0) is 0 Å². The Morgan fingerprint density at radius 2 is 2.54 bits per heavy atom. The van der Waals surface area contributed by atoms with Crippen molar-refractivity contribution in [3.63, 3.8) is 0 Å². The van der Waals surface area contributed by atoms with Gasteiger partial charge in [-0.2, -0.15) is 0 Å². The van der Waals surface area contributed by atoms with E-state index in [1.54, 1.807) is 6.07 Å². The molecule has 1 aromatic heterocycles. The van der Waals surface area contributed by atoms with E-state index in [9.17, 15) is 10.1 Å². The summed E-state index contributed by atoms with van der Waals surface area (Å²) in [5, 5.41) is 21.2. The predicted octanol–water partition coefficient (Wildman–Crippen LogP) is 1.75. The average molecular weight is 199 g/mol. The highest BCUT2D eigenvalue weighted by atomic mass is 32.1. The van der Waals surface area contributed by atoms with Crippen LogP contribution < -0.4 is 0 Å². The second kappa shape index (κ2) is 3.08. The lowest BCUT2D eigenvalue weighted by Crippen LogP contribution is -1.87. The lowest BCUT2D eigenvalue weighted by molar-refractivity contribution is -0.380. The zero-order valence-electron chi connectivity index (χ0n) is 6.84. The van der Waals surface area contributed by atoms with Gasteiger partial charge in [-0.25, -0.2) is 0 Å². The fraction of sp³-hybridized carbons (Fsp3) is 0.500. The molecule has 4 nitrogen and oxygen atoms in total. The molecule has 0 bridgehead atoms. The van der Waals surface area contributed by atoms with E-state index < -0.39 is 0 Å². The van der Waals surface area contributed by atoms with E-state index in [0.29, 0.717) is 11.8 Å². The normalized spacial score (nSPS) is 25.9. The zero-order valence-corrected chi connectivity index (χ0v) is 7.66. The first-order valence-corrected chi connectivity index (χ1v) is 4.94. The Kier molecular flexibility index (Phi) is 2.05. The first-order valence-electron chi connectivity index (χ1n) is 4.06. The molecule has 1 N–H and O–H groups in total. The minimum absolute atomic E-state index is 0.189. The summed E-state index contributed by atoms with van der Waals surface area (Å²) in [5.41, 5.74) is 1.01. The van der Waals surface area contributed by atoms with Crippen molar-refractivity contribution < 1.29 is 10.0 Å². The third kappa shape index (κ3) is 1.57. The van der Waals surface area contributed by atoms with Crippen molar-refractivity contribution in [1.29, 1.82) is 0 Å². The maximum atomic E-state index is 10.4. The Labute approximate surface area is 79.0 Å². The van der Waals surface area contributed by atoms with Gasteiger partial charge in [-0.15, -0.1) is 0 Å². The van der Waals surface area contributed by atoms with Crippen LogP contribution in [0, 0.1) is 16.0 Å². The van der Waals surface area contributed by atoms with Crippen molar-refractivity contribution in [3.8, 4) is 0 Å². The average Bonchev–Trinajstić information content (AvgIpc) is 2.73. The van der Waals surface area contributed by atoms with E-state index in [2.05, 4.69) is 0 Å². The quantitative estimate of drug-likeness (QED) is 0.595. The Morgan fingerprint density at radius 3 is 3.00 bits per heavy atom. The smallest absolute Gasteiger partial charge is 0.324 e. The topological polar surface area (TPSA) is 63.4 Å². The van der Waals surface area contributed by atoms with Gasteiger partial charge in [0.2, 0.25) is 0 Å². The lowest BCUT2D eigenvalue weighted by atomic mass is 10.2. The SMILES string of the molecule is O=[N+]([O-])c1cc(C2CC2CO)cs1. The fourth-order valence-corrected chi connectivity index (χ4v) is 2.28. The van der Waals surface area contributed by atoms with Gasteiger partial charge in [0, 0.05) is 18.1 Å². The molecule has 1 aliphatic carbocycles. The first-order chi connectivity index (χ1) is 6.22. The van der Waals surface area contributed by atoms with Gasteiger partial charge in [-0.05, 0) is 23.8 Å². The third-order valence-electron chi connectivity index (χ3n) is 2.37. The van der Waals surface area contributed by atoms with E-state index in [4.69, 9.17) is 5.11 Å². The molecule has 1 fully saturated rings. The molecule has 0 spiro atoms. The molecule has 1 aliphatic rings. The van der Waals surface area contributed by atoms with Crippen molar-refractivity contribution >= 4 is 16.3 Å². The number of hydrogen-bond acceptors (Lipinski definition) is 4. The number of hydrogen-bond donors (Lipinski definition) is 1. The van der Waals surface area contributed by atoms with Crippen LogP contribution >= 0.6 is 11.3 Å². The second-order valence-corrected chi connectivity index (χ2v) is 4.15. The van der Waals surface area contributed by atoms with Crippen LogP contribution in [0.5, 0.6) is 0 Å². The van der Waals surface area contributed by atoms with E-state index in [1.807, 2.05) is 5.38 Å². The van der Waals surface area contributed by atoms with E-state index in [0.717, 1.165) is 23.3 Å². The van der Waals surface area contributed by atoms with Crippen LogP contribution in [0.3, 0.4) is 0 Å². The number of thiophene rings is 1. The van der Waals surface area contributed by atoms with Crippen LogP contribution in [0.1, 0.15) is 17.9 Å². The Hall–Kier alpha value is -0.940. The van der Waals surface area contributed by atoms with Crippen LogP contribution in [0.25, 0.3) is 0 Å². The van der Waals surface area contributed by atoms with E-state index >= 15 is 0 Å². The summed E-state index contributed by atoms with van der Waals surface area (Å²) in [4.78, 5) is 10.0. The number of aliphatic hydroxyl groups excluding tert-OH is 1. The number of nitrogens with zero attached hydrogens (tertiary/aromatic N) is 1. The molecule has 1 saturated carbocycles. The van der Waals surface area contributed by atoms with Crippen molar-refractivity contribution in [2.24, 2.45) is 5.92 Å². The molecule has 0 aromatic carbocycles. The monoisotopic (exact) mass is 199 g/mol. The molecular formula is C8H9NO3S. The molecule has 1 aromatic rings. The minimum atomic E-state index is -0.371. The summed E-state index contributed by atoms with van der Waals surface area (Å²) in [6.45, 7) is 0.189. The van der Waals surface area contributed by atoms with Crippen molar-refractivity contribution in [1.82, 2.24) is 0 Å². The molecule has 2 atom stereocenters. The maximum Gasteiger partial charge on any atom is 0.324 e. The number of rotatable bonds is 3. The number of aliphatic hydroxyl groups is 1. The molecule has 13 heavy (non-hydrogen) atoms. The first kappa shape index (κ1) is 8.65. The highest BCUT2D eigenvalue weighted by Crippen LogP contribution is 2.48. The van der Waals surface area contributed by atoms with Gasteiger partial charge in [-0.1, -0.05) is 11.3 Å². The van der Waals surface area contributed by atoms with Crippen LogP contribution in [-0.4, -0.2) is 16.6 Å². The zero-order chi connectivity index (χ0) is 9.42. The highest BCUT2D eigenvalue weighted by Gasteiger charge is 2.38. The Morgan fingerprint density at radius 1 is 1.77 bits per heavy atom. The standard InChI is InChI=1S/C8H9NO3S/c10-3-5-1-7(5)6-2-8(9(11)12)13-4-6/h2,4-5,7,10H,1,3H2. The summed E-state index contributed by atoms with van der Waals surface area (Å²) in [5.74, 6) is 0.684. The van der Waals surface area contributed by atoms with Crippen molar-refractivity contribution in [2.45, 2.75) is 12.3 Å². The van der Waals surface area contributed by atoms with Gasteiger partial charge >= 0.3 is 5.00 Å². The summed E-state index contributed by atoms with van der Waals surface area (Å²) in [6.07, 6.45) is 0.963. The summed E-state index contributed by atoms with van der Waals surface area (Å²) < 4.78 is 0. The molecule has 0 amide bonds. The molecular weight excluding hydrogens is 190 g/mol. The van der Waals surface area contributed by atoms with Crippen molar-refractivity contribution in [3.05, 3.63) is 27.1 Å². The molecule has 0 radical (unpaired) electrons. The van der Waals surface area contributed by atoms with E-state index in [1.165, 1.54) is 0 Å². The van der Waals surface area contributed by atoms with Crippen LogP contribution in [0.15, 0.2) is 11.4 Å². The molecule has 2 unspecified atom stereocenters. The van der Waals surface area contributed by atoms with E-state index in [-0.39, 0.29) is 16.5 Å². The molecule has 0 aliphatic heterocycles. The van der Waals surface area contributed by atoms with Gasteiger partial charge in [0.15, 0.2) is 0 Å². The lowest BCUT2D eigenvalue weighted by Gasteiger charge is -1.89. The Balaban J connectivity index is 2.11. The van der Waals surface area contributed by atoms with Crippen LogP contribution in [0.4, 0.5) is 5.00 Å². The molecule has 0 saturated heterocycles. The highest BCUT2D eigenvalue weighted by molar-refractivity contribution is 7.13. The minimum Gasteiger partial charge on any atom is -0.396 e. The third-order valence-corrected chi connectivity index (χ3v) is 3.27. The van der Waals surface area contributed by atoms with Gasteiger partial charge in [0.25, 0.3) is 0 Å². The molecule has 5 heteroatoms. The second-order valence-electron chi connectivity index (χ2n) is 3.26. The molecule has 2 rings (SSSR count). The van der Waals surface area contributed by atoms with Crippen molar-refractivity contribution in [2.75, 3.05) is 6.61 Å². The van der Waals surface area contributed by atoms with Gasteiger partial charge in [0.1, 0.15) is 0 Å². The molecule has 1 heterocycles. The van der Waals surface area contributed by atoms with Gasteiger partial charge in [0.05, 0.1) is 4.92 Å². The van der Waals surface area contributed by atoms with Crippen LogP contribution in [0.2, 0.25) is 0 Å². The largest absolute Gasteiger partial charge is 0.396 e. The maximum absolute atomic E-state index is 10.4. The Bertz CT molecular complexity index is 336. The predicted molar refractivity (Wildman–Crippen MR) is 48.9 cm³/mol.